The molecule has 2 heterocycles. The van der Waals surface area contributed by atoms with Gasteiger partial charge in [-0.25, -0.2) is 8.42 Å². The van der Waals surface area contributed by atoms with Crippen LogP contribution < -0.4 is 4.74 Å². The summed E-state index contributed by atoms with van der Waals surface area (Å²) in [5.41, 5.74) is 0. The van der Waals surface area contributed by atoms with Crippen LogP contribution >= 0.6 is 0 Å². The first-order valence-electron chi connectivity index (χ1n) is 10.9. The summed E-state index contributed by atoms with van der Waals surface area (Å²) >= 11 is 0. The van der Waals surface area contributed by atoms with Crippen LogP contribution in [0.25, 0.3) is 0 Å². The summed E-state index contributed by atoms with van der Waals surface area (Å²) in [6.45, 7) is 2.47. The third kappa shape index (κ3) is 4.31. The molecule has 6 nitrogen and oxygen atoms in total. The minimum Gasteiger partial charge on any atom is -0.497 e. The number of carbonyl (C=O) groups is 1. The number of sulfonamides is 1. The number of piperidine rings is 2. The highest BCUT2D eigenvalue weighted by Crippen LogP contribution is 2.37. The predicted octanol–water partition coefficient (Wildman–Crippen LogP) is 3.13. The Bertz CT molecular complexity index is 824. The molecule has 29 heavy (non-hydrogen) atoms. The van der Waals surface area contributed by atoms with Crippen molar-refractivity contribution < 1.29 is 17.9 Å². The molecule has 1 saturated carbocycles. The zero-order valence-electron chi connectivity index (χ0n) is 17.3. The number of hydrogen-bond donors (Lipinski definition) is 0. The van der Waals surface area contributed by atoms with Crippen LogP contribution in [0.1, 0.15) is 44.9 Å². The molecule has 0 unspecified atom stereocenters. The monoisotopic (exact) mass is 420 g/mol. The third-order valence-electron chi connectivity index (χ3n) is 7.03. The van der Waals surface area contributed by atoms with Gasteiger partial charge in [0.2, 0.25) is 15.9 Å². The molecule has 2 saturated heterocycles. The van der Waals surface area contributed by atoms with Crippen molar-refractivity contribution in [3.8, 4) is 5.75 Å². The van der Waals surface area contributed by atoms with E-state index in [9.17, 15) is 13.2 Å². The fraction of sp³-hybridized carbons (Fsp3) is 0.682. The fourth-order valence-corrected chi connectivity index (χ4v) is 6.84. The summed E-state index contributed by atoms with van der Waals surface area (Å²) < 4.78 is 32.8. The molecular formula is C22H32N2O4S. The second kappa shape index (κ2) is 8.64. The predicted molar refractivity (Wildman–Crippen MR) is 111 cm³/mol. The molecular weight excluding hydrogens is 388 g/mol. The van der Waals surface area contributed by atoms with Crippen LogP contribution in [0.4, 0.5) is 0 Å². The van der Waals surface area contributed by atoms with Gasteiger partial charge in [-0.15, -0.1) is 0 Å². The van der Waals surface area contributed by atoms with Gasteiger partial charge in [-0.05, 0) is 61.8 Å². The maximum absolute atomic E-state index is 13.2. The third-order valence-corrected chi connectivity index (χ3v) is 8.91. The highest BCUT2D eigenvalue weighted by Gasteiger charge is 2.38. The van der Waals surface area contributed by atoms with Crippen LogP contribution in [-0.4, -0.2) is 56.8 Å². The summed E-state index contributed by atoms with van der Waals surface area (Å²) in [7, 11) is -2.04. The fourth-order valence-electron chi connectivity index (χ4n) is 5.32. The van der Waals surface area contributed by atoms with Gasteiger partial charge in [-0.3, -0.25) is 4.79 Å². The number of ether oxygens (including phenoxy) is 1. The summed E-state index contributed by atoms with van der Waals surface area (Å²) in [6, 6.07) is 6.47. The Morgan fingerprint density at radius 1 is 0.931 bits per heavy atom. The van der Waals surface area contributed by atoms with Crippen LogP contribution in [0, 0.1) is 17.8 Å². The van der Waals surface area contributed by atoms with Crippen LogP contribution in [-0.2, 0) is 14.8 Å². The van der Waals surface area contributed by atoms with Gasteiger partial charge in [0.05, 0.1) is 17.9 Å². The summed E-state index contributed by atoms with van der Waals surface area (Å²) in [6.07, 6.45) is 7.76. The van der Waals surface area contributed by atoms with Gasteiger partial charge < -0.3 is 9.64 Å². The molecule has 0 spiro atoms. The second-order valence-electron chi connectivity index (χ2n) is 8.76. The van der Waals surface area contributed by atoms with E-state index in [4.69, 9.17) is 4.74 Å². The van der Waals surface area contributed by atoms with E-state index in [1.54, 1.807) is 31.4 Å². The zero-order valence-corrected chi connectivity index (χ0v) is 18.1. The second-order valence-corrected chi connectivity index (χ2v) is 10.7. The molecule has 160 valence electrons. The van der Waals surface area contributed by atoms with E-state index in [0.29, 0.717) is 18.2 Å². The standard InChI is InChI=1S/C22H32N2O4S/c1-28-20-8-10-21(11-9-20)29(26,27)24-13-4-7-19(16-24)22(25)23-14-12-17-5-2-3-6-18(17)15-23/h8-11,17-19H,2-7,12-16H2,1H3/t17-,18+,19+/m0/s1. The Balaban J connectivity index is 1.42. The summed E-state index contributed by atoms with van der Waals surface area (Å²) in [5.74, 6) is 1.98. The van der Waals surface area contributed by atoms with E-state index in [-0.39, 0.29) is 23.3 Å². The lowest BCUT2D eigenvalue weighted by molar-refractivity contribution is -0.139. The van der Waals surface area contributed by atoms with Crippen molar-refractivity contribution in [2.45, 2.75) is 49.8 Å². The highest BCUT2D eigenvalue weighted by atomic mass is 32.2. The van der Waals surface area contributed by atoms with E-state index in [2.05, 4.69) is 0 Å². The average Bonchev–Trinajstić information content (AvgIpc) is 2.78. The lowest BCUT2D eigenvalue weighted by Gasteiger charge is -2.43. The summed E-state index contributed by atoms with van der Waals surface area (Å²) in [4.78, 5) is 15.5. The van der Waals surface area contributed by atoms with Gasteiger partial charge in [0.1, 0.15) is 5.75 Å². The molecule has 0 aromatic heterocycles. The highest BCUT2D eigenvalue weighted by molar-refractivity contribution is 7.89. The van der Waals surface area contributed by atoms with Crippen molar-refractivity contribution in [3.63, 3.8) is 0 Å². The quantitative estimate of drug-likeness (QED) is 0.751. The van der Waals surface area contributed by atoms with E-state index in [1.165, 1.54) is 30.0 Å². The van der Waals surface area contributed by atoms with Crippen LogP contribution in [0.15, 0.2) is 29.2 Å². The van der Waals surface area contributed by atoms with Gasteiger partial charge in [0.25, 0.3) is 0 Å². The Morgan fingerprint density at radius 3 is 2.38 bits per heavy atom. The number of rotatable bonds is 4. The molecule has 0 N–H and O–H groups in total. The van der Waals surface area contributed by atoms with Crippen LogP contribution in [0.5, 0.6) is 5.75 Å². The van der Waals surface area contributed by atoms with Crippen molar-refractivity contribution in [1.29, 1.82) is 0 Å². The Kier molecular flexibility index (Phi) is 6.16. The number of carbonyl (C=O) groups excluding carboxylic acids is 1. The number of amides is 1. The lowest BCUT2D eigenvalue weighted by Crippen LogP contribution is -2.50. The van der Waals surface area contributed by atoms with Crippen molar-refractivity contribution in [3.05, 3.63) is 24.3 Å². The number of likely N-dealkylation sites (tertiary alicyclic amines) is 1. The maximum atomic E-state index is 13.2. The Hall–Kier alpha value is -1.60. The van der Waals surface area contributed by atoms with Gasteiger partial charge in [0, 0.05) is 26.2 Å². The topological polar surface area (TPSA) is 66.9 Å². The minimum absolute atomic E-state index is 0.156. The van der Waals surface area contributed by atoms with Crippen LogP contribution in [0.3, 0.4) is 0 Å². The SMILES string of the molecule is COc1ccc(S(=O)(=O)N2CCC[C@@H](C(=O)N3CC[C@@H]4CCCC[C@@H]4C3)C2)cc1. The number of methoxy groups -OCH3 is 1. The van der Waals surface area contributed by atoms with Crippen molar-refractivity contribution in [2.24, 2.45) is 17.8 Å². The molecule has 3 fully saturated rings. The molecule has 7 heteroatoms. The average molecular weight is 421 g/mol. The van der Waals surface area contributed by atoms with Gasteiger partial charge >= 0.3 is 0 Å². The molecule has 1 aromatic rings. The number of fused-ring (bicyclic) bond motifs is 1. The molecule has 3 aliphatic rings. The number of nitrogens with zero attached hydrogens (tertiary/aromatic N) is 2. The maximum Gasteiger partial charge on any atom is 0.243 e. The minimum atomic E-state index is -3.60. The van der Waals surface area contributed by atoms with Crippen molar-refractivity contribution >= 4 is 15.9 Å². The summed E-state index contributed by atoms with van der Waals surface area (Å²) in [5, 5.41) is 0. The lowest BCUT2D eigenvalue weighted by atomic mass is 9.75. The number of benzene rings is 1. The first-order valence-corrected chi connectivity index (χ1v) is 12.4. The van der Waals surface area contributed by atoms with Crippen molar-refractivity contribution in [1.82, 2.24) is 9.21 Å². The van der Waals surface area contributed by atoms with Gasteiger partial charge in [-0.1, -0.05) is 19.3 Å². The zero-order chi connectivity index (χ0) is 20.4. The molecule has 3 atom stereocenters. The molecule has 0 bridgehead atoms. The van der Waals surface area contributed by atoms with E-state index >= 15 is 0 Å². The molecule has 0 radical (unpaired) electrons. The first kappa shape index (κ1) is 20.7. The van der Waals surface area contributed by atoms with Gasteiger partial charge in [0.15, 0.2) is 0 Å². The Morgan fingerprint density at radius 2 is 1.66 bits per heavy atom. The largest absolute Gasteiger partial charge is 0.497 e. The number of hydrogen-bond acceptors (Lipinski definition) is 4. The normalized spacial score (nSPS) is 28.6. The van der Waals surface area contributed by atoms with E-state index < -0.39 is 10.0 Å². The molecule has 2 aliphatic heterocycles. The first-order chi connectivity index (χ1) is 14.0. The van der Waals surface area contributed by atoms with E-state index in [0.717, 1.165) is 38.3 Å². The Labute approximate surface area is 174 Å². The molecule has 4 rings (SSSR count). The molecule has 1 amide bonds. The van der Waals surface area contributed by atoms with Crippen molar-refractivity contribution in [2.75, 3.05) is 33.3 Å². The molecule has 1 aliphatic carbocycles. The van der Waals surface area contributed by atoms with Crippen LogP contribution in [0.2, 0.25) is 0 Å². The van der Waals surface area contributed by atoms with E-state index in [1.807, 2.05) is 4.90 Å². The smallest absolute Gasteiger partial charge is 0.243 e. The molecule has 1 aromatic carbocycles. The van der Waals surface area contributed by atoms with Gasteiger partial charge in [-0.2, -0.15) is 4.31 Å².